The number of anilines is 2. The minimum Gasteiger partial charge on any atom is -0.370 e. The first-order valence-corrected chi connectivity index (χ1v) is 8.77. The molecule has 3 aromatic heterocycles. The van der Waals surface area contributed by atoms with Gasteiger partial charge in [0.15, 0.2) is 5.82 Å². The van der Waals surface area contributed by atoms with Gasteiger partial charge in [-0.3, -0.25) is 4.68 Å². The molecule has 0 spiro atoms. The number of alkyl halides is 3. The first-order valence-electron chi connectivity index (χ1n) is 8.40. The average Bonchev–Trinajstić information content (AvgIpc) is 2.95. The molecule has 0 fully saturated rings. The fourth-order valence-corrected chi connectivity index (χ4v) is 2.76. The first-order chi connectivity index (χ1) is 13.3. The number of hydrogen-bond acceptors (Lipinski definition) is 7. The van der Waals surface area contributed by atoms with Crippen LogP contribution >= 0.6 is 11.6 Å². The van der Waals surface area contributed by atoms with Gasteiger partial charge in [-0.05, 0) is 24.9 Å². The van der Waals surface area contributed by atoms with E-state index in [4.69, 9.17) is 16.3 Å². The molecule has 0 aromatic carbocycles. The molecular formula is C16H17ClF3N7O. The maximum Gasteiger partial charge on any atom is 0.411 e. The number of fused-ring (bicyclic) bond motifs is 1. The number of ether oxygens (including phenoxy) is 1. The second-order valence-electron chi connectivity index (χ2n) is 5.90. The van der Waals surface area contributed by atoms with Gasteiger partial charge >= 0.3 is 6.18 Å². The third-order valence-corrected chi connectivity index (χ3v) is 3.90. The Bertz CT molecular complexity index is 977. The highest BCUT2D eigenvalue weighted by Gasteiger charge is 2.27. The van der Waals surface area contributed by atoms with Crippen molar-refractivity contribution in [2.45, 2.75) is 33.0 Å². The maximum atomic E-state index is 12.3. The molecule has 1 N–H and O–H groups in total. The quantitative estimate of drug-likeness (QED) is 0.466. The van der Waals surface area contributed by atoms with Gasteiger partial charge in [-0.1, -0.05) is 6.92 Å². The van der Waals surface area contributed by atoms with Gasteiger partial charge in [0.25, 0.3) is 0 Å². The van der Waals surface area contributed by atoms with Crippen LogP contribution in [0.1, 0.15) is 18.3 Å². The molecule has 12 heteroatoms. The van der Waals surface area contributed by atoms with E-state index in [0.29, 0.717) is 34.8 Å². The highest BCUT2D eigenvalue weighted by Crippen LogP contribution is 2.27. The summed E-state index contributed by atoms with van der Waals surface area (Å²) in [4.78, 5) is 16.6. The topological polar surface area (TPSA) is 90.6 Å². The van der Waals surface area contributed by atoms with Crippen molar-refractivity contribution in [2.24, 2.45) is 0 Å². The average molecular weight is 416 g/mol. The van der Waals surface area contributed by atoms with Crippen molar-refractivity contribution in [3.8, 4) is 0 Å². The van der Waals surface area contributed by atoms with Crippen molar-refractivity contribution in [3.63, 3.8) is 0 Å². The summed E-state index contributed by atoms with van der Waals surface area (Å²) in [5.41, 5.74) is 2.42. The summed E-state index contributed by atoms with van der Waals surface area (Å²) in [5.74, 6) is 0.832. The highest BCUT2D eigenvalue weighted by atomic mass is 35.5. The van der Waals surface area contributed by atoms with Crippen LogP contribution in [0.25, 0.3) is 11.0 Å². The Balaban J connectivity index is 1.94. The van der Waals surface area contributed by atoms with E-state index in [9.17, 15) is 13.2 Å². The molecule has 0 unspecified atom stereocenters. The van der Waals surface area contributed by atoms with E-state index in [1.807, 2.05) is 13.8 Å². The van der Waals surface area contributed by atoms with Crippen LogP contribution in [0.3, 0.4) is 0 Å². The molecule has 0 aliphatic rings. The van der Waals surface area contributed by atoms with Crippen molar-refractivity contribution in [1.29, 1.82) is 0 Å². The lowest BCUT2D eigenvalue weighted by Crippen LogP contribution is -2.19. The van der Waals surface area contributed by atoms with E-state index >= 15 is 0 Å². The lowest BCUT2D eigenvalue weighted by atomic mass is 10.3. The zero-order chi connectivity index (χ0) is 20.3. The van der Waals surface area contributed by atoms with Crippen molar-refractivity contribution < 1.29 is 17.9 Å². The van der Waals surface area contributed by atoms with E-state index in [1.54, 1.807) is 6.07 Å². The monoisotopic (exact) mass is 415 g/mol. The lowest BCUT2D eigenvalue weighted by molar-refractivity contribution is -0.174. The van der Waals surface area contributed by atoms with Gasteiger partial charge in [-0.15, -0.1) is 0 Å². The van der Waals surface area contributed by atoms with Gasteiger partial charge in [-0.2, -0.15) is 23.3 Å². The molecular weight excluding hydrogens is 399 g/mol. The minimum absolute atomic E-state index is 0.0170. The number of aromatic nitrogens is 6. The Kier molecular flexibility index (Phi) is 5.94. The van der Waals surface area contributed by atoms with Crippen molar-refractivity contribution >= 4 is 34.3 Å². The second kappa shape index (κ2) is 8.23. The van der Waals surface area contributed by atoms with Gasteiger partial charge in [0, 0.05) is 11.8 Å². The summed E-state index contributed by atoms with van der Waals surface area (Å²) in [6, 6.07) is 1.72. The predicted molar refractivity (Wildman–Crippen MR) is 96.6 cm³/mol. The normalized spacial score (nSPS) is 11.9. The molecule has 0 radical (unpaired) electrons. The van der Waals surface area contributed by atoms with Gasteiger partial charge in [0.2, 0.25) is 5.28 Å². The van der Waals surface area contributed by atoms with E-state index in [2.05, 4.69) is 30.4 Å². The smallest absolute Gasteiger partial charge is 0.370 e. The van der Waals surface area contributed by atoms with E-state index in [-0.39, 0.29) is 18.4 Å². The maximum absolute atomic E-state index is 12.3. The molecule has 0 amide bonds. The van der Waals surface area contributed by atoms with Gasteiger partial charge in [0.05, 0.1) is 18.8 Å². The number of halogens is 4. The Morgan fingerprint density at radius 2 is 2.04 bits per heavy atom. The molecule has 150 valence electrons. The molecule has 0 atom stereocenters. The SMILES string of the molecule is CCc1nn(CCOCC(F)(F)F)c2c(Nc3cc(C)ncn3)nc(Cl)nc12. The molecule has 3 aromatic rings. The zero-order valence-electron chi connectivity index (χ0n) is 15.1. The molecule has 0 saturated carbocycles. The standard InChI is InChI=1S/C16H17ClF3N7O/c1-3-10-12-13(27(26-10)4-5-28-7-16(18,19)20)14(25-15(17)24-12)23-11-6-9(2)21-8-22-11/h6,8H,3-5,7H2,1-2H3,(H,21,22,23,24,25). The summed E-state index contributed by atoms with van der Waals surface area (Å²) in [5, 5.41) is 7.49. The van der Waals surface area contributed by atoms with Crippen molar-refractivity contribution in [1.82, 2.24) is 29.7 Å². The number of nitrogens with zero attached hydrogens (tertiary/aromatic N) is 6. The minimum atomic E-state index is -4.38. The summed E-state index contributed by atoms with van der Waals surface area (Å²) >= 11 is 6.05. The van der Waals surface area contributed by atoms with E-state index in [0.717, 1.165) is 5.69 Å². The summed E-state index contributed by atoms with van der Waals surface area (Å²) in [6.07, 6.45) is -2.42. The molecule has 0 aliphatic heterocycles. The van der Waals surface area contributed by atoms with Crippen LogP contribution in [0.2, 0.25) is 5.28 Å². The van der Waals surface area contributed by atoms with E-state index in [1.165, 1.54) is 11.0 Å². The van der Waals surface area contributed by atoms with E-state index < -0.39 is 12.8 Å². The lowest BCUT2D eigenvalue weighted by Gasteiger charge is -2.10. The highest BCUT2D eigenvalue weighted by molar-refractivity contribution is 6.28. The van der Waals surface area contributed by atoms with Crippen LogP contribution in [0.15, 0.2) is 12.4 Å². The van der Waals surface area contributed by atoms with Crippen LogP contribution < -0.4 is 5.32 Å². The fourth-order valence-electron chi connectivity index (χ4n) is 2.59. The van der Waals surface area contributed by atoms with Crippen LogP contribution in [0.4, 0.5) is 24.8 Å². The third-order valence-electron chi connectivity index (χ3n) is 3.73. The molecule has 0 aliphatic carbocycles. The molecule has 3 rings (SSSR count). The molecule has 3 heterocycles. The predicted octanol–water partition coefficient (Wildman–Crippen LogP) is 3.46. The van der Waals surface area contributed by atoms with Gasteiger partial charge in [0.1, 0.15) is 29.8 Å². The Labute approximate surface area is 163 Å². The van der Waals surface area contributed by atoms with Crippen LogP contribution in [-0.4, -0.2) is 49.1 Å². The Hall–Kier alpha value is -2.53. The summed E-state index contributed by atoms with van der Waals surface area (Å²) in [7, 11) is 0. The second-order valence-corrected chi connectivity index (χ2v) is 6.24. The third kappa shape index (κ3) is 4.84. The largest absolute Gasteiger partial charge is 0.411 e. The van der Waals surface area contributed by atoms with Crippen LogP contribution in [-0.2, 0) is 17.7 Å². The summed E-state index contributed by atoms with van der Waals surface area (Å²) < 4.78 is 43.0. The zero-order valence-corrected chi connectivity index (χ0v) is 15.8. The number of aryl methyl sites for hydroxylation is 2. The van der Waals surface area contributed by atoms with Gasteiger partial charge < -0.3 is 10.1 Å². The molecule has 8 nitrogen and oxygen atoms in total. The summed E-state index contributed by atoms with van der Waals surface area (Å²) in [6.45, 7) is 2.31. The Morgan fingerprint density at radius 1 is 1.25 bits per heavy atom. The number of rotatable bonds is 7. The van der Waals surface area contributed by atoms with Crippen molar-refractivity contribution in [2.75, 3.05) is 18.5 Å². The first kappa shape index (κ1) is 20.2. The van der Waals surface area contributed by atoms with Gasteiger partial charge in [-0.25, -0.2) is 15.0 Å². The van der Waals surface area contributed by atoms with Crippen molar-refractivity contribution in [3.05, 3.63) is 29.1 Å². The molecule has 0 bridgehead atoms. The molecule has 0 saturated heterocycles. The van der Waals surface area contributed by atoms with Crippen LogP contribution in [0, 0.1) is 6.92 Å². The fraction of sp³-hybridized carbons (Fsp3) is 0.438. The number of nitrogens with one attached hydrogen (secondary N) is 1. The van der Waals surface area contributed by atoms with Crippen LogP contribution in [0.5, 0.6) is 0 Å². The Morgan fingerprint density at radius 3 is 2.71 bits per heavy atom. The number of hydrogen-bond donors (Lipinski definition) is 1. The molecule has 28 heavy (non-hydrogen) atoms.